The Balaban J connectivity index is 2.70. The number of pyridine rings is 1. The molecule has 2 N–H and O–H groups in total. The van der Waals surface area contributed by atoms with Crippen LogP contribution in [0.25, 0.3) is 10.9 Å². The van der Waals surface area contributed by atoms with Crippen molar-refractivity contribution in [2.45, 2.75) is 13.8 Å². The highest BCUT2D eigenvalue weighted by Crippen LogP contribution is 2.21. The summed E-state index contributed by atoms with van der Waals surface area (Å²) >= 11 is 0. The molecule has 1 aromatic carbocycles. The topological polar surface area (TPSA) is 62.0 Å². The normalized spacial score (nSPS) is 10.4. The summed E-state index contributed by atoms with van der Waals surface area (Å²) in [6.07, 6.45) is 1.61. The van der Waals surface area contributed by atoms with Crippen LogP contribution < -0.4 is 10.7 Å². The summed E-state index contributed by atoms with van der Waals surface area (Å²) in [4.78, 5) is 25.6. The van der Waals surface area contributed by atoms with Gasteiger partial charge in [-0.25, -0.2) is 0 Å². The molecule has 4 nitrogen and oxygen atoms in total. The first-order valence-electron chi connectivity index (χ1n) is 4.98. The Kier molecular flexibility index (Phi) is 2.48. The summed E-state index contributed by atoms with van der Waals surface area (Å²) in [6, 6.07) is 4.95. The van der Waals surface area contributed by atoms with Crippen molar-refractivity contribution in [3.63, 3.8) is 0 Å². The Morgan fingerprint density at radius 2 is 2.06 bits per heavy atom. The maximum absolute atomic E-state index is 11.6. The fourth-order valence-electron chi connectivity index (χ4n) is 1.72. The zero-order valence-corrected chi connectivity index (χ0v) is 9.13. The van der Waals surface area contributed by atoms with Gasteiger partial charge < -0.3 is 10.3 Å². The quantitative estimate of drug-likeness (QED) is 0.763. The average Bonchev–Trinajstić information content (AvgIpc) is 2.23. The van der Waals surface area contributed by atoms with E-state index in [0.29, 0.717) is 5.39 Å². The first-order valence-corrected chi connectivity index (χ1v) is 4.98. The molecule has 0 spiro atoms. The highest BCUT2D eigenvalue weighted by Gasteiger charge is 2.06. The summed E-state index contributed by atoms with van der Waals surface area (Å²) in [5, 5.41) is 3.36. The molecule has 1 amide bonds. The number of nitrogens with one attached hydrogen (secondary N) is 2. The monoisotopic (exact) mass is 216 g/mol. The number of H-pyrrole nitrogens is 1. The molecule has 0 aliphatic carbocycles. The molecule has 2 aromatic rings. The zero-order valence-electron chi connectivity index (χ0n) is 9.13. The zero-order chi connectivity index (χ0) is 11.7. The van der Waals surface area contributed by atoms with E-state index < -0.39 is 0 Å². The predicted octanol–water partition coefficient (Wildman–Crippen LogP) is 1.79. The van der Waals surface area contributed by atoms with Crippen molar-refractivity contribution in [3.8, 4) is 0 Å². The molecule has 1 heterocycles. The van der Waals surface area contributed by atoms with E-state index in [4.69, 9.17) is 0 Å². The maximum Gasteiger partial charge on any atom is 0.221 e. The van der Waals surface area contributed by atoms with E-state index >= 15 is 0 Å². The van der Waals surface area contributed by atoms with Gasteiger partial charge >= 0.3 is 0 Å². The second-order valence-corrected chi connectivity index (χ2v) is 3.68. The van der Waals surface area contributed by atoms with E-state index in [1.165, 1.54) is 13.0 Å². The van der Waals surface area contributed by atoms with Crippen LogP contribution in [0.3, 0.4) is 0 Å². The van der Waals surface area contributed by atoms with Gasteiger partial charge in [0.25, 0.3) is 0 Å². The van der Waals surface area contributed by atoms with E-state index in [0.717, 1.165) is 16.8 Å². The molecule has 0 saturated heterocycles. The maximum atomic E-state index is 11.6. The van der Waals surface area contributed by atoms with Gasteiger partial charge in [-0.3, -0.25) is 9.59 Å². The largest absolute Gasteiger partial charge is 0.361 e. The van der Waals surface area contributed by atoms with Crippen molar-refractivity contribution in [1.29, 1.82) is 0 Å². The number of amides is 1. The van der Waals surface area contributed by atoms with Crippen molar-refractivity contribution in [3.05, 3.63) is 40.2 Å². The number of benzene rings is 1. The summed E-state index contributed by atoms with van der Waals surface area (Å²) < 4.78 is 0. The minimum absolute atomic E-state index is 0.0220. The SMILES string of the molecule is CC(=O)Nc1ccc2c(=O)cc[nH]c2c1C. The first-order chi connectivity index (χ1) is 7.59. The van der Waals surface area contributed by atoms with Crippen LogP contribution in [0.4, 0.5) is 5.69 Å². The Morgan fingerprint density at radius 1 is 1.31 bits per heavy atom. The smallest absolute Gasteiger partial charge is 0.221 e. The first kappa shape index (κ1) is 10.4. The van der Waals surface area contributed by atoms with E-state index in [1.54, 1.807) is 18.3 Å². The fraction of sp³-hybridized carbons (Fsp3) is 0.167. The van der Waals surface area contributed by atoms with Crippen molar-refractivity contribution in [1.82, 2.24) is 4.98 Å². The Labute approximate surface area is 92.3 Å². The number of aromatic nitrogens is 1. The van der Waals surface area contributed by atoms with Gasteiger partial charge in [-0.2, -0.15) is 0 Å². The van der Waals surface area contributed by atoms with Crippen LogP contribution in [0.15, 0.2) is 29.2 Å². The van der Waals surface area contributed by atoms with Gasteiger partial charge in [-0.15, -0.1) is 0 Å². The fourth-order valence-corrected chi connectivity index (χ4v) is 1.72. The number of hydrogen-bond donors (Lipinski definition) is 2. The third kappa shape index (κ3) is 1.69. The van der Waals surface area contributed by atoms with E-state index in [1.807, 2.05) is 6.92 Å². The molecule has 16 heavy (non-hydrogen) atoms. The van der Waals surface area contributed by atoms with E-state index in [9.17, 15) is 9.59 Å². The lowest BCUT2D eigenvalue weighted by atomic mass is 10.1. The Morgan fingerprint density at radius 3 is 2.75 bits per heavy atom. The Hall–Kier alpha value is -2.10. The molecular formula is C12H12N2O2. The van der Waals surface area contributed by atoms with Gasteiger partial charge in [0.2, 0.25) is 5.91 Å². The van der Waals surface area contributed by atoms with Gasteiger partial charge in [-0.1, -0.05) is 0 Å². The van der Waals surface area contributed by atoms with Crippen LogP contribution in [0.1, 0.15) is 12.5 Å². The molecule has 82 valence electrons. The lowest BCUT2D eigenvalue weighted by Crippen LogP contribution is -2.09. The molecule has 0 bridgehead atoms. The molecule has 0 atom stereocenters. The number of rotatable bonds is 1. The number of hydrogen-bond acceptors (Lipinski definition) is 2. The standard InChI is InChI=1S/C12H12N2O2/c1-7-10(14-8(2)15)4-3-9-11(16)5-6-13-12(7)9/h3-6H,1-2H3,(H,13,16)(H,14,15). The van der Waals surface area contributed by atoms with E-state index in [2.05, 4.69) is 10.3 Å². The third-order valence-corrected chi connectivity index (χ3v) is 2.50. The minimum atomic E-state index is -0.124. The predicted molar refractivity (Wildman–Crippen MR) is 63.6 cm³/mol. The van der Waals surface area contributed by atoms with Crippen LogP contribution in [0.2, 0.25) is 0 Å². The van der Waals surface area contributed by atoms with Crippen molar-refractivity contribution in [2.24, 2.45) is 0 Å². The van der Waals surface area contributed by atoms with Crippen molar-refractivity contribution < 1.29 is 4.79 Å². The second kappa shape index (κ2) is 3.81. The molecule has 0 unspecified atom stereocenters. The summed E-state index contributed by atoms with van der Waals surface area (Å²) in [5.74, 6) is -0.124. The lowest BCUT2D eigenvalue weighted by molar-refractivity contribution is -0.114. The summed E-state index contributed by atoms with van der Waals surface area (Å²) in [6.45, 7) is 3.32. The Bertz CT molecular complexity index is 614. The number of carbonyl (C=O) groups is 1. The minimum Gasteiger partial charge on any atom is -0.361 e. The molecule has 2 rings (SSSR count). The van der Waals surface area contributed by atoms with Gasteiger partial charge in [-0.05, 0) is 24.6 Å². The summed E-state index contributed by atoms with van der Waals surface area (Å²) in [5.41, 5.74) is 2.33. The highest BCUT2D eigenvalue weighted by atomic mass is 16.1. The lowest BCUT2D eigenvalue weighted by Gasteiger charge is -2.08. The van der Waals surface area contributed by atoms with Crippen molar-refractivity contribution >= 4 is 22.5 Å². The summed E-state index contributed by atoms with van der Waals surface area (Å²) in [7, 11) is 0. The number of fused-ring (bicyclic) bond motifs is 1. The molecule has 0 saturated carbocycles. The second-order valence-electron chi connectivity index (χ2n) is 3.68. The van der Waals surface area contributed by atoms with E-state index in [-0.39, 0.29) is 11.3 Å². The third-order valence-electron chi connectivity index (χ3n) is 2.50. The van der Waals surface area contributed by atoms with Gasteiger partial charge in [0, 0.05) is 30.3 Å². The van der Waals surface area contributed by atoms with Crippen molar-refractivity contribution in [2.75, 3.05) is 5.32 Å². The molecule has 0 radical (unpaired) electrons. The van der Waals surface area contributed by atoms with Gasteiger partial charge in [0.05, 0.1) is 5.52 Å². The van der Waals surface area contributed by atoms with Gasteiger partial charge in [0.15, 0.2) is 5.43 Å². The number of aryl methyl sites for hydroxylation is 1. The van der Waals surface area contributed by atoms with Crippen LogP contribution in [0, 0.1) is 6.92 Å². The molecule has 4 heteroatoms. The molecule has 1 aromatic heterocycles. The number of carbonyl (C=O) groups excluding carboxylic acids is 1. The average molecular weight is 216 g/mol. The number of aromatic amines is 1. The molecule has 0 aliphatic heterocycles. The van der Waals surface area contributed by atoms with Gasteiger partial charge in [0.1, 0.15) is 0 Å². The van der Waals surface area contributed by atoms with Crippen LogP contribution in [-0.4, -0.2) is 10.9 Å². The highest BCUT2D eigenvalue weighted by molar-refractivity contribution is 5.94. The molecular weight excluding hydrogens is 204 g/mol. The van der Waals surface area contributed by atoms with Crippen LogP contribution in [0.5, 0.6) is 0 Å². The molecule has 0 fully saturated rings. The molecule has 0 aliphatic rings. The van der Waals surface area contributed by atoms with Crippen LogP contribution >= 0.6 is 0 Å². The number of anilines is 1. The van der Waals surface area contributed by atoms with Crippen LogP contribution in [-0.2, 0) is 4.79 Å².